The van der Waals surface area contributed by atoms with Gasteiger partial charge in [0.05, 0.1) is 0 Å². The number of ether oxygens (including phenoxy) is 1. The lowest BCUT2D eigenvalue weighted by Crippen LogP contribution is -2.50. The summed E-state index contributed by atoms with van der Waals surface area (Å²) in [5.74, 6) is -0.709. The minimum atomic E-state index is -0.489. The van der Waals surface area contributed by atoms with Gasteiger partial charge in [0.15, 0.2) is 18.2 Å². The third-order valence-electron chi connectivity index (χ3n) is 3.87. The number of nitrogens with one attached hydrogen (secondary N) is 2. The van der Waals surface area contributed by atoms with Gasteiger partial charge >= 0.3 is 6.03 Å². The smallest absolute Gasteiger partial charge is 0.317 e. The zero-order chi connectivity index (χ0) is 17.4. The van der Waals surface area contributed by atoms with Crippen molar-refractivity contribution < 1.29 is 18.7 Å². The normalized spacial score (nSPS) is 15.0. The molecule has 24 heavy (non-hydrogen) atoms. The van der Waals surface area contributed by atoms with Gasteiger partial charge in [0.1, 0.15) is 0 Å². The van der Waals surface area contributed by atoms with Gasteiger partial charge in [-0.1, -0.05) is 19.1 Å². The molecule has 0 saturated carbocycles. The Bertz CT molecular complexity index is 560. The fourth-order valence-corrected chi connectivity index (χ4v) is 2.55. The lowest BCUT2D eigenvalue weighted by Gasteiger charge is -2.32. The minimum Gasteiger partial charge on any atom is -0.481 e. The fourth-order valence-electron chi connectivity index (χ4n) is 2.55. The number of halogens is 1. The summed E-state index contributed by atoms with van der Waals surface area (Å²) in [4.78, 5) is 25.5. The first kappa shape index (κ1) is 18.0. The molecule has 1 saturated heterocycles. The molecular weight excluding hydrogens is 313 g/mol. The van der Waals surface area contributed by atoms with Crippen LogP contribution in [0.4, 0.5) is 9.18 Å². The van der Waals surface area contributed by atoms with Crippen molar-refractivity contribution in [3.8, 4) is 5.75 Å². The molecule has 0 radical (unpaired) electrons. The maximum absolute atomic E-state index is 13.4. The quantitative estimate of drug-likeness (QED) is 0.833. The highest BCUT2D eigenvalue weighted by molar-refractivity contribution is 5.78. The van der Waals surface area contributed by atoms with E-state index in [1.54, 1.807) is 17.0 Å². The second-order valence-corrected chi connectivity index (χ2v) is 5.78. The number of benzene rings is 1. The maximum atomic E-state index is 13.4. The van der Waals surface area contributed by atoms with Gasteiger partial charge in [-0.2, -0.15) is 0 Å². The first-order valence-electron chi connectivity index (χ1n) is 8.29. The highest BCUT2D eigenvalue weighted by Gasteiger charge is 2.23. The van der Waals surface area contributed by atoms with E-state index in [1.807, 2.05) is 6.92 Å². The number of carbonyl (C=O) groups is 2. The lowest BCUT2D eigenvalue weighted by atomic mass is 10.1. The van der Waals surface area contributed by atoms with E-state index in [0.717, 1.165) is 6.42 Å². The molecule has 2 rings (SSSR count). The minimum absolute atomic E-state index is 0.0111. The van der Waals surface area contributed by atoms with Crippen molar-refractivity contribution in [2.45, 2.75) is 32.2 Å². The predicted molar refractivity (Wildman–Crippen MR) is 88.3 cm³/mol. The predicted octanol–water partition coefficient (Wildman–Crippen LogP) is 1.90. The summed E-state index contributed by atoms with van der Waals surface area (Å²) in [6.07, 6.45) is 2.30. The number of para-hydroxylation sites is 1. The Kier molecular flexibility index (Phi) is 6.84. The number of nitrogens with zero attached hydrogens (tertiary/aromatic N) is 1. The molecule has 0 aliphatic carbocycles. The number of carbonyl (C=O) groups excluding carboxylic acids is 2. The van der Waals surface area contributed by atoms with Crippen LogP contribution >= 0.6 is 0 Å². The first-order chi connectivity index (χ1) is 11.6. The van der Waals surface area contributed by atoms with Gasteiger partial charge in [0.25, 0.3) is 5.91 Å². The standard InChI is InChI=1S/C17H24FN3O3/c1-2-9-19-17(23)21-10-7-13(8-11-21)20-16(22)12-24-15-6-4-3-5-14(15)18/h3-6,13H,2,7-12H2,1H3,(H,19,23)(H,20,22). The monoisotopic (exact) mass is 337 g/mol. The molecule has 0 atom stereocenters. The largest absolute Gasteiger partial charge is 0.481 e. The molecule has 2 N–H and O–H groups in total. The summed E-state index contributed by atoms with van der Waals surface area (Å²) in [7, 11) is 0. The van der Waals surface area contributed by atoms with Gasteiger partial charge in [-0.15, -0.1) is 0 Å². The SMILES string of the molecule is CCCNC(=O)N1CCC(NC(=O)COc2ccccc2F)CC1. The van der Waals surface area contributed by atoms with Crippen LogP contribution in [0.15, 0.2) is 24.3 Å². The maximum Gasteiger partial charge on any atom is 0.317 e. The van der Waals surface area contributed by atoms with Crippen molar-refractivity contribution in [3.05, 3.63) is 30.1 Å². The first-order valence-corrected chi connectivity index (χ1v) is 8.29. The molecule has 1 aromatic carbocycles. The molecule has 132 valence electrons. The van der Waals surface area contributed by atoms with E-state index in [0.29, 0.717) is 32.5 Å². The summed E-state index contributed by atoms with van der Waals surface area (Å²) in [6.45, 7) is 3.66. The second kappa shape index (κ2) is 9.10. The number of hydrogen-bond donors (Lipinski definition) is 2. The van der Waals surface area contributed by atoms with E-state index in [2.05, 4.69) is 10.6 Å². The van der Waals surface area contributed by atoms with Crippen LogP contribution in [0.5, 0.6) is 5.75 Å². The third-order valence-corrected chi connectivity index (χ3v) is 3.87. The Morgan fingerprint density at radius 3 is 2.67 bits per heavy atom. The second-order valence-electron chi connectivity index (χ2n) is 5.78. The molecule has 3 amide bonds. The molecule has 1 fully saturated rings. The van der Waals surface area contributed by atoms with E-state index in [1.165, 1.54) is 12.1 Å². The zero-order valence-electron chi connectivity index (χ0n) is 13.9. The highest BCUT2D eigenvalue weighted by Crippen LogP contribution is 2.15. The van der Waals surface area contributed by atoms with Crippen molar-refractivity contribution in [3.63, 3.8) is 0 Å². The summed E-state index contributed by atoms with van der Waals surface area (Å²) >= 11 is 0. The van der Waals surface area contributed by atoms with Crippen molar-refractivity contribution >= 4 is 11.9 Å². The van der Waals surface area contributed by atoms with E-state index < -0.39 is 5.82 Å². The van der Waals surface area contributed by atoms with Crippen LogP contribution in [0.2, 0.25) is 0 Å². The molecule has 6 nitrogen and oxygen atoms in total. The Balaban J connectivity index is 1.69. The van der Waals surface area contributed by atoms with E-state index in [4.69, 9.17) is 4.74 Å². The molecule has 1 heterocycles. The van der Waals surface area contributed by atoms with Crippen LogP contribution < -0.4 is 15.4 Å². The average Bonchev–Trinajstić information content (AvgIpc) is 2.59. The van der Waals surface area contributed by atoms with Gasteiger partial charge in [0.2, 0.25) is 0 Å². The molecule has 0 aromatic heterocycles. The van der Waals surface area contributed by atoms with Gasteiger partial charge < -0.3 is 20.3 Å². The van der Waals surface area contributed by atoms with Crippen molar-refractivity contribution in [2.24, 2.45) is 0 Å². The molecule has 1 aromatic rings. The Labute approximate surface area is 141 Å². The number of rotatable bonds is 6. The van der Waals surface area contributed by atoms with Gasteiger partial charge in [-0.3, -0.25) is 4.79 Å². The average molecular weight is 337 g/mol. The van der Waals surface area contributed by atoms with Crippen molar-refractivity contribution in [1.82, 2.24) is 15.5 Å². The van der Waals surface area contributed by atoms with Crippen molar-refractivity contribution in [2.75, 3.05) is 26.2 Å². The van der Waals surface area contributed by atoms with E-state index >= 15 is 0 Å². The Morgan fingerprint density at radius 1 is 1.29 bits per heavy atom. The fraction of sp³-hybridized carbons (Fsp3) is 0.529. The van der Waals surface area contributed by atoms with E-state index in [-0.39, 0.29) is 30.3 Å². The van der Waals surface area contributed by atoms with Gasteiger partial charge in [-0.05, 0) is 31.4 Å². The molecule has 1 aliphatic heterocycles. The highest BCUT2D eigenvalue weighted by atomic mass is 19.1. The van der Waals surface area contributed by atoms with Crippen molar-refractivity contribution in [1.29, 1.82) is 0 Å². The van der Waals surface area contributed by atoms with Gasteiger partial charge in [-0.25, -0.2) is 9.18 Å². The molecule has 1 aliphatic rings. The lowest BCUT2D eigenvalue weighted by molar-refractivity contribution is -0.124. The van der Waals surface area contributed by atoms with Crippen LogP contribution in [0.1, 0.15) is 26.2 Å². The number of amides is 3. The Hall–Kier alpha value is -2.31. The third kappa shape index (κ3) is 5.40. The number of likely N-dealkylation sites (tertiary alicyclic amines) is 1. The van der Waals surface area contributed by atoms with Gasteiger partial charge in [0, 0.05) is 25.7 Å². The topological polar surface area (TPSA) is 70.7 Å². The molecule has 0 unspecified atom stereocenters. The summed E-state index contributed by atoms with van der Waals surface area (Å²) in [6, 6.07) is 5.94. The molecule has 7 heteroatoms. The van der Waals surface area contributed by atoms with Crippen LogP contribution in [0.3, 0.4) is 0 Å². The molecule has 0 bridgehead atoms. The van der Waals surface area contributed by atoms with Crippen LogP contribution in [-0.4, -0.2) is 49.1 Å². The summed E-state index contributed by atoms with van der Waals surface area (Å²) in [5, 5.41) is 5.71. The zero-order valence-corrected chi connectivity index (χ0v) is 13.9. The Morgan fingerprint density at radius 2 is 2.00 bits per heavy atom. The van der Waals surface area contributed by atoms with Crippen LogP contribution in [0.25, 0.3) is 0 Å². The molecular formula is C17H24FN3O3. The van der Waals surface area contributed by atoms with Crippen LogP contribution in [-0.2, 0) is 4.79 Å². The number of hydrogen-bond acceptors (Lipinski definition) is 3. The number of urea groups is 1. The summed E-state index contributed by atoms with van der Waals surface area (Å²) < 4.78 is 18.6. The van der Waals surface area contributed by atoms with E-state index in [9.17, 15) is 14.0 Å². The van der Waals surface area contributed by atoms with Crippen LogP contribution in [0, 0.1) is 5.82 Å². The molecule has 0 spiro atoms. The summed E-state index contributed by atoms with van der Waals surface area (Å²) in [5.41, 5.74) is 0. The number of piperidine rings is 1.